The first-order valence-corrected chi connectivity index (χ1v) is 19.2. The number of carbonyl (C=O) groups is 4. The SMILES string of the molecule is C[C@H](NP(=O)(Cc1ccccc1)Cc1ccccc1)C(=O)N1CCC[C@H]1C(=O)N[C@@H](Cc1ccccc1)C(=O)N[C@@H](CCCN=C(N)N)C(=O)O. The number of guanidine groups is 1. The van der Waals surface area contributed by atoms with Crippen molar-refractivity contribution < 1.29 is 28.8 Å². The molecule has 8 N–H and O–H groups in total. The summed E-state index contributed by atoms with van der Waals surface area (Å²) in [5.74, 6) is -2.92. The Labute approximate surface area is 298 Å². The minimum absolute atomic E-state index is 0.0675. The fraction of sp³-hybridized carbons (Fsp3) is 0.378. The molecule has 14 heteroatoms. The molecule has 1 aliphatic heterocycles. The second-order valence-electron chi connectivity index (χ2n) is 12.8. The molecule has 3 aromatic rings. The Balaban J connectivity index is 1.47. The number of aliphatic imine (C=N–C) groups is 1. The van der Waals surface area contributed by atoms with Crippen LogP contribution in [0.5, 0.6) is 0 Å². The molecule has 51 heavy (non-hydrogen) atoms. The van der Waals surface area contributed by atoms with Crippen molar-refractivity contribution in [1.82, 2.24) is 20.6 Å². The third-order valence-electron chi connectivity index (χ3n) is 8.68. The van der Waals surface area contributed by atoms with E-state index >= 15 is 0 Å². The second-order valence-corrected chi connectivity index (χ2v) is 15.5. The summed E-state index contributed by atoms with van der Waals surface area (Å²) >= 11 is 0. The summed E-state index contributed by atoms with van der Waals surface area (Å²) in [5, 5.41) is 18.3. The minimum atomic E-state index is -3.19. The molecule has 0 bridgehead atoms. The number of carboxylic acids is 1. The van der Waals surface area contributed by atoms with Gasteiger partial charge in [-0.25, -0.2) is 4.79 Å². The van der Waals surface area contributed by atoms with E-state index in [0.717, 1.165) is 16.7 Å². The van der Waals surface area contributed by atoms with Gasteiger partial charge < -0.3 is 36.7 Å². The Hall–Kier alpha value is -5.00. The molecule has 1 fully saturated rings. The van der Waals surface area contributed by atoms with Crippen LogP contribution in [0.1, 0.15) is 49.3 Å². The zero-order chi connectivity index (χ0) is 36.8. The molecular formula is C37H48N7O6P. The maximum atomic E-state index is 14.5. The third kappa shape index (κ3) is 12.1. The summed E-state index contributed by atoms with van der Waals surface area (Å²) in [6.45, 7) is 2.17. The van der Waals surface area contributed by atoms with Crippen molar-refractivity contribution in [3.05, 3.63) is 108 Å². The van der Waals surface area contributed by atoms with E-state index in [9.17, 15) is 28.8 Å². The summed E-state index contributed by atoms with van der Waals surface area (Å²) in [6.07, 6.45) is 1.89. The number of amides is 3. The fourth-order valence-electron chi connectivity index (χ4n) is 6.22. The zero-order valence-electron chi connectivity index (χ0n) is 28.8. The topological polar surface area (TPSA) is 209 Å². The number of benzene rings is 3. The lowest BCUT2D eigenvalue weighted by Gasteiger charge is -2.31. The van der Waals surface area contributed by atoms with Gasteiger partial charge in [-0.2, -0.15) is 0 Å². The molecule has 1 aliphatic rings. The van der Waals surface area contributed by atoms with Gasteiger partial charge in [0.15, 0.2) is 13.3 Å². The van der Waals surface area contributed by atoms with Gasteiger partial charge in [0.2, 0.25) is 17.7 Å². The first-order chi connectivity index (χ1) is 24.4. The molecule has 0 radical (unpaired) electrons. The summed E-state index contributed by atoms with van der Waals surface area (Å²) < 4.78 is 14.5. The molecule has 3 aromatic carbocycles. The molecule has 0 unspecified atom stereocenters. The number of nitrogens with one attached hydrogen (secondary N) is 3. The Morgan fingerprint density at radius 2 is 1.41 bits per heavy atom. The summed E-state index contributed by atoms with van der Waals surface area (Å²) in [7, 11) is -3.19. The highest BCUT2D eigenvalue weighted by Crippen LogP contribution is 2.49. The molecular weight excluding hydrogens is 669 g/mol. The number of carbonyl (C=O) groups excluding carboxylic acids is 3. The average Bonchev–Trinajstić information content (AvgIpc) is 3.60. The lowest BCUT2D eigenvalue weighted by Crippen LogP contribution is -2.57. The summed E-state index contributed by atoms with van der Waals surface area (Å²) in [6, 6.07) is 23.9. The molecule has 13 nitrogen and oxygen atoms in total. The molecule has 4 rings (SSSR count). The second kappa shape index (κ2) is 18.8. The average molecular weight is 718 g/mol. The van der Waals surface area contributed by atoms with E-state index in [1.165, 1.54) is 4.90 Å². The zero-order valence-corrected chi connectivity index (χ0v) is 29.7. The molecule has 0 aromatic heterocycles. The predicted octanol–water partition coefficient (Wildman–Crippen LogP) is 2.98. The van der Waals surface area contributed by atoms with Crippen molar-refractivity contribution in [2.75, 3.05) is 13.1 Å². The van der Waals surface area contributed by atoms with Gasteiger partial charge in [-0.1, -0.05) is 91.0 Å². The monoisotopic (exact) mass is 717 g/mol. The van der Waals surface area contributed by atoms with E-state index in [2.05, 4.69) is 20.7 Å². The number of nitrogens with two attached hydrogens (primary N) is 2. The van der Waals surface area contributed by atoms with Crippen molar-refractivity contribution in [2.45, 2.75) is 75.5 Å². The van der Waals surface area contributed by atoms with Crippen molar-refractivity contribution in [2.24, 2.45) is 16.5 Å². The van der Waals surface area contributed by atoms with Crippen molar-refractivity contribution >= 4 is 36.9 Å². The van der Waals surface area contributed by atoms with Gasteiger partial charge in [0, 0.05) is 31.8 Å². The van der Waals surface area contributed by atoms with Gasteiger partial charge in [0.25, 0.3) is 0 Å². The Morgan fingerprint density at radius 3 is 1.94 bits per heavy atom. The van der Waals surface area contributed by atoms with Gasteiger partial charge in [0.05, 0.1) is 6.04 Å². The standard InChI is InChI=1S/C37H48N7O6P/c1-26(43-51(50,24-28-15-7-3-8-16-28)25-29-17-9-4-10-18-29)35(47)44-22-12-20-32(44)34(46)42-31(23-27-13-5-2-6-14-27)33(45)41-30(36(48)49)19-11-21-40-37(38)39/h2-10,13-18,26,30-32H,11-12,19-25H2,1H3,(H,41,45)(H,42,46)(H,43,50)(H,48,49)(H4,38,39,40)/t26-,30-,31-,32-/m0/s1. The van der Waals surface area contributed by atoms with Crippen LogP contribution >= 0.6 is 7.29 Å². The third-order valence-corrected chi connectivity index (χ3v) is 11.3. The number of likely N-dealkylation sites (tertiary alicyclic amines) is 1. The van der Waals surface area contributed by atoms with Crippen LogP contribution in [0.2, 0.25) is 0 Å². The molecule has 0 saturated carbocycles. The van der Waals surface area contributed by atoms with Crippen molar-refractivity contribution in [3.8, 4) is 0 Å². The van der Waals surface area contributed by atoms with Gasteiger partial charge in [-0.05, 0) is 49.3 Å². The number of carboxylic acid groups (broad SMARTS) is 1. The number of hydrogen-bond donors (Lipinski definition) is 6. The molecule has 1 saturated heterocycles. The molecule has 1 heterocycles. The Kier molecular flexibility index (Phi) is 14.3. The van der Waals surface area contributed by atoms with Crippen LogP contribution in [0.3, 0.4) is 0 Å². The van der Waals surface area contributed by atoms with Gasteiger partial charge in [0.1, 0.15) is 18.1 Å². The van der Waals surface area contributed by atoms with Gasteiger partial charge >= 0.3 is 5.97 Å². The number of hydrogen-bond acceptors (Lipinski definition) is 6. The maximum Gasteiger partial charge on any atom is 0.326 e. The van der Waals surface area contributed by atoms with Crippen LogP contribution in [0.4, 0.5) is 0 Å². The largest absolute Gasteiger partial charge is 0.480 e. The number of aliphatic carboxylic acids is 1. The fourth-order valence-corrected chi connectivity index (χ4v) is 8.94. The molecule has 4 atom stereocenters. The highest BCUT2D eigenvalue weighted by molar-refractivity contribution is 7.60. The molecule has 272 valence electrons. The molecule has 3 amide bonds. The van der Waals surface area contributed by atoms with E-state index in [1.807, 2.05) is 66.7 Å². The van der Waals surface area contributed by atoms with Crippen LogP contribution in [0, 0.1) is 0 Å². The van der Waals surface area contributed by atoms with Gasteiger partial charge in [-0.3, -0.25) is 24.5 Å². The van der Waals surface area contributed by atoms with Crippen LogP contribution in [-0.4, -0.2) is 76.9 Å². The van der Waals surface area contributed by atoms with E-state index in [4.69, 9.17) is 11.5 Å². The van der Waals surface area contributed by atoms with Crippen LogP contribution in [0.25, 0.3) is 0 Å². The minimum Gasteiger partial charge on any atom is -0.480 e. The van der Waals surface area contributed by atoms with Crippen molar-refractivity contribution in [3.63, 3.8) is 0 Å². The normalized spacial score (nSPS) is 16.0. The maximum absolute atomic E-state index is 14.5. The number of rotatable bonds is 18. The quantitative estimate of drug-likeness (QED) is 0.0494. The van der Waals surface area contributed by atoms with Crippen molar-refractivity contribution in [1.29, 1.82) is 0 Å². The van der Waals surface area contributed by atoms with Gasteiger partial charge in [-0.15, -0.1) is 0 Å². The van der Waals surface area contributed by atoms with E-state index < -0.39 is 49.2 Å². The van der Waals surface area contributed by atoms with E-state index in [1.54, 1.807) is 31.2 Å². The van der Waals surface area contributed by atoms with Crippen LogP contribution in [0.15, 0.2) is 96.0 Å². The first kappa shape index (κ1) is 38.8. The highest BCUT2D eigenvalue weighted by atomic mass is 31.2. The predicted molar refractivity (Wildman–Crippen MR) is 197 cm³/mol. The van der Waals surface area contributed by atoms with E-state index in [0.29, 0.717) is 25.8 Å². The van der Waals surface area contributed by atoms with Crippen LogP contribution in [-0.2, 0) is 42.5 Å². The first-order valence-electron chi connectivity index (χ1n) is 17.1. The highest BCUT2D eigenvalue weighted by Gasteiger charge is 2.39. The van der Waals surface area contributed by atoms with E-state index in [-0.39, 0.29) is 43.6 Å². The lowest BCUT2D eigenvalue weighted by atomic mass is 10.0. The molecule has 0 aliphatic carbocycles. The molecule has 0 spiro atoms. The smallest absolute Gasteiger partial charge is 0.326 e. The number of nitrogens with zero attached hydrogens (tertiary/aromatic N) is 2. The van der Waals surface area contributed by atoms with Crippen LogP contribution < -0.4 is 27.2 Å². The lowest BCUT2D eigenvalue weighted by molar-refractivity contribution is -0.143. The summed E-state index contributed by atoms with van der Waals surface area (Å²) in [5.41, 5.74) is 13.2. The summed E-state index contributed by atoms with van der Waals surface area (Å²) in [4.78, 5) is 58.7. The Bertz CT molecular complexity index is 1640. The Morgan fingerprint density at radius 1 is 0.863 bits per heavy atom.